The second kappa shape index (κ2) is 4.69. The van der Waals surface area contributed by atoms with Crippen LogP contribution in [0.4, 0.5) is 0 Å². The molecule has 1 saturated heterocycles. The summed E-state index contributed by atoms with van der Waals surface area (Å²) in [5.74, 6) is 0.0354. The Hall–Kier alpha value is -1.98. The third kappa shape index (κ3) is 2.16. The maximum Gasteiger partial charge on any atom is 0.291 e. The van der Waals surface area contributed by atoms with Gasteiger partial charge in [0.05, 0.1) is 0 Å². The average Bonchev–Trinajstić information content (AvgIpc) is 2.39. The van der Waals surface area contributed by atoms with Crippen LogP contribution in [0.5, 0.6) is 0 Å². The zero-order valence-corrected chi connectivity index (χ0v) is 8.74. The average molecular weight is 220 g/mol. The summed E-state index contributed by atoms with van der Waals surface area (Å²) in [6.45, 7) is 2.22. The molecule has 0 aromatic carbocycles. The number of piperazine rings is 1. The summed E-state index contributed by atoms with van der Waals surface area (Å²) < 4.78 is 0. The molecule has 2 heterocycles. The van der Waals surface area contributed by atoms with Gasteiger partial charge in [0.25, 0.3) is 5.91 Å². The third-order valence-electron chi connectivity index (χ3n) is 2.51. The Balaban J connectivity index is 1.99. The lowest BCUT2D eigenvalue weighted by Crippen LogP contribution is -2.48. The molecule has 1 aromatic heterocycles. The molecule has 0 spiro atoms. The summed E-state index contributed by atoms with van der Waals surface area (Å²) in [6, 6.07) is 1.67. The van der Waals surface area contributed by atoms with Gasteiger partial charge < -0.3 is 9.80 Å². The lowest BCUT2D eigenvalue weighted by molar-refractivity contribution is -0.119. The fourth-order valence-electron chi connectivity index (χ4n) is 1.58. The smallest absolute Gasteiger partial charge is 0.291 e. The van der Waals surface area contributed by atoms with Gasteiger partial charge in [0.1, 0.15) is 0 Å². The van der Waals surface area contributed by atoms with E-state index in [4.69, 9.17) is 0 Å². The van der Waals surface area contributed by atoms with E-state index in [0.717, 1.165) is 6.41 Å². The summed E-state index contributed by atoms with van der Waals surface area (Å²) >= 11 is 0. The number of hydrogen-bond acceptors (Lipinski definition) is 4. The lowest BCUT2D eigenvalue weighted by atomic mass is 10.3. The standard InChI is InChI=1S/C10H12N4O2/c15-8-13-4-6-14(7-5-13)10(16)9-11-2-1-3-12-9/h1-3,8H,4-7H2. The zero-order valence-electron chi connectivity index (χ0n) is 8.74. The van der Waals surface area contributed by atoms with E-state index in [1.165, 1.54) is 0 Å². The molecule has 0 unspecified atom stereocenters. The van der Waals surface area contributed by atoms with Gasteiger partial charge >= 0.3 is 0 Å². The maximum absolute atomic E-state index is 11.9. The van der Waals surface area contributed by atoms with Crippen molar-refractivity contribution < 1.29 is 9.59 Å². The normalized spacial score (nSPS) is 16.0. The van der Waals surface area contributed by atoms with Crippen molar-refractivity contribution >= 4 is 12.3 Å². The molecule has 1 fully saturated rings. The first-order chi connectivity index (χ1) is 7.81. The van der Waals surface area contributed by atoms with Crippen molar-refractivity contribution in [2.75, 3.05) is 26.2 Å². The van der Waals surface area contributed by atoms with Crippen molar-refractivity contribution in [2.45, 2.75) is 0 Å². The number of aromatic nitrogens is 2. The van der Waals surface area contributed by atoms with Crippen molar-refractivity contribution in [2.24, 2.45) is 0 Å². The van der Waals surface area contributed by atoms with Crippen LogP contribution < -0.4 is 0 Å². The maximum atomic E-state index is 11.9. The molecule has 84 valence electrons. The molecule has 1 aliphatic heterocycles. The summed E-state index contributed by atoms with van der Waals surface area (Å²) in [7, 11) is 0. The van der Waals surface area contributed by atoms with Crippen LogP contribution in [0.1, 0.15) is 10.6 Å². The Bertz CT molecular complexity index is 374. The van der Waals surface area contributed by atoms with E-state index in [1.54, 1.807) is 28.3 Å². The Morgan fingerprint density at radius 3 is 2.38 bits per heavy atom. The van der Waals surface area contributed by atoms with Crippen molar-refractivity contribution in [1.82, 2.24) is 19.8 Å². The fourth-order valence-corrected chi connectivity index (χ4v) is 1.58. The SMILES string of the molecule is O=CN1CCN(C(=O)c2ncccn2)CC1. The van der Waals surface area contributed by atoms with Crippen molar-refractivity contribution in [1.29, 1.82) is 0 Å². The quantitative estimate of drug-likeness (QED) is 0.624. The molecule has 0 bridgehead atoms. The number of hydrogen-bond donors (Lipinski definition) is 0. The van der Waals surface area contributed by atoms with Gasteiger partial charge in [-0.05, 0) is 6.07 Å². The third-order valence-corrected chi connectivity index (χ3v) is 2.51. The highest BCUT2D eigenvalue weighted by molar-refractivity contribution is 5.90. The van der Waals surface area contributed by atoms with Crippen molar-refractivity contribution in [3.63, 3.8) is 0 Å². The van der Waals surface area contributed by atoms with Crippen LogP contribution in [0.25, 0.3) is 0 Å². The van der Waals surface area contributed by atoms with E-state index in [1.807, 2.05) is 0 Å². The largest absolute Gasteiger partial charge is 0.342 e. The molecule has 2 rings (SSSR count). The molecule has 0 saturated carbocycles. The molecule has 1 aliphatic rings. The van der Waals surface area contributed by atoms with Crippen LogP contribution in [0, 0.1) is 0 Å². The van der Waals surface area contributed by atoms with Crippen LogP contribution in [0.2, 0.25) is 0 Å². The molecule has 1 aromatic rings. The van der Waals surface area contributed by atoms with Gasteiger partial charge in [-0.25, -0.2) is 9.97 Å². The van der Waals surface area contributed by atoms with E-state index >= 15 is 0 Å². The molecule has 0 N–H and O–H groups in total. The minimum Gasteiger partial charge on any atom is -0.342 e. The number of carbonyl (C=O) groups is 2. The van der Waals surface area contributed by atoms with Crippen LogP contribution in [0.3, 0.4) is 0 Å². The monoisotopic (exact) mass is 220 g/mol. The molecule has 0 aliphatic carbocycles. The molecule has 0 radical (unpaired) electrons. The molecule has 0 atom stereocenters. The van der Waals surface area contributed by atoms with E-state index in [9.17, 15) is 9.59 Å². The second-order valence-corrected chi connectivity index (χ2v) is 3.51. The second-order valence-electron chi connectivity index (χ2n) is 3.51. The molecule has 2 amide bonds. The Morgan fingerprint density at radius 2 is 1.81 bits per heavy atom. The fraction of sp³-hybridized carbons (Fsp3) is 0.400. The Morgan fingerprint density at radius 1 is 1.19 bits per heavy atom. The first-order valence-electron chi connectivity index (χ1n) is 5.07. The van der Waals surface area contributed by atoms with Crippen LogP contribution in [-0.2, 0) is 4.79 Å². The number of rotatable bonds is 2. The topological polar surface area (TPSA) is 66.4 Å². The minimum absolute atomic E-state index is 0.175. The first-order valence-corrected chi connectivity index (χ1v) is 5.07. The summed E-state index contributed by atoms with van der Waals surface area (Å²) in [5.41, 5.74) is 0. The molecule has 16 heavy (non-hydrogen) atoms. The highest BCUT2D eigenvalue weighted by Gasteiger charge is 2.22. The minimum atomic E-state index is -0.175. The number of nitrogens with zero attached hydrogens (tertiary/aromatic N) is 4. The predicted molar refractivity (Wildman–Crippen MR) is 55.6 cm³/mol. The Labute approximate surface area is 92.9 Å². The van der Waals surface area contributed by atoms with Gasteiger partial charge in [0.2, 0.25) is 12.2 Å². The van der Waals surface area contributed by atoms with E-state index in [0.29, 0.717) is 26.2 Å². The molecular weight excluding hydrogens is 208 g/mol. The van der Waals surface area contributed by atoms with Crippen molar-refractivity contribution in [3.05, 3.63) is 24.3 Å². The van der Waals surface area contributed by atoms with Crippen LogP contribution in [-0.4, -0.2) is 58.3 Å². The molecule has 6 heteroatoms. The van der Waals surface area contributed by atoms with Crippen LogP contribution >= 0.6 is 0 Å². The number of amides is 2. The van der Waals surface area contributed by atoms with Gasteiger partial charge in [-0.1, -0.05) is 0 Å². The van der Waals surface area contributed by atoms with E-state index in [-0.39, 0.29) is 11.7 Å². The molecule has 6 nitrogen and oxygen atoms in total. The van der Waals surface area contributed by atoms with Crippen LogP contribution in [0.15, 0.2) is 18.5 Å². The van der Waals surface area contributed by atoms with E-state index < -0.39 is 0 Å². The lowest BCUT2D eigenvalue weighted by Gasteiger charge is -2.31. The zero-order chi connectivity index (χ0) is 11.4. The van der Waals surface area contributed by atoms with Gasteiger partial charge in [-0.15, -0.1) is 0 Å². The van der Waals surface area contributed by atoms with Gasteiger partial charge in [-0.2, -0.15) is 0 Å². The van der Waals surface area contributed by atoms with Gasteiger partial charge in [0.15, 0.2) is 0 Å². The number of carbonyl (C=O) groups excluding carboxylic acids is 2. The highest BCUT2D eigenvalue weighted by atomic mass is 16.2. The summed E-state index contributed by atoms with van der Waals surface area (Å²) in [5, 5.41) is 0. The van der Waals surface area contributed by atoms with Crippen molar-refractivity contribution in [3.8, 4) is 0 Å². The van der Waals surface area contributed by atoms with Gasteiger partial charge in [0, 0.05) is 38.6 Å². The van der Waals surface area contributed by atoms with E-state index in [2.05, 4.69) is 9.97 Å². The molecular formula is C10H12N4O2. The van der Waals surface area contributed by atoms with Gasteiger partial charge in [-0.3, -0.25) is 9.59 Å². The predicted octanol–water partition coefficient (Wildman–Crippen LogP) is -0.609. The summed E-state index contributed by atoms with van der Waals surface area (Å²) in [4.78, 5) is 33.5. The first kappa shape index (κ1) is 10.5. The Kier molecular flexibility index (Phi) is 3.09. The summed E-state index contributed by atoms with van der Waals surface area (Å²) in [6.07, 6.45) is 3.89. The highest BCUT2D eigenvalue weighted by Crippen LogP contribution is 2.03.